The Morgan fingerprint density at radius 2 is 2.13 bits per heavy atom. The fourth-order valence-corrected chi connectivity index (χ4v) is 2.06. The number of rotatable bonds is 6. The van der Waals surface area contributed by atoms with Gasteiger partial charge in [-0.2, -0.15) is 5.10 Å². The van der Waals surface area contributed by atoms with Crippen LogP contribution in [-0.4, -0.2) is 22.9 Å². The summed E-state index contributed by atoms with van der Waals surface area (Å²) in [6, 6.07) is 4.77. The van der Waals surface area contributed by atoms with E-state index < -0.39 is 18.3 Å². The average molecular weight is 322 g/mol. The third kappa shape index (κ3) is 3.56. The summed E-state index contributed by atoms with van der Waals surface area (Å²) in [6.45, 7) is 4.57. The number of carbonyl (C=O) groups is 1. The van der Waals surface area contributed by atoms with Crippen LogP contribution in [0, 0.1) is 0 Å². The van der Waals surface area contributed by atoms with Gasteiger partial charge in [-0.15, -0.1) is 6.58 Å². The molecule has 2 rings (SSSR count). The van der Waals surface area contributed by atoms with Crippen LogP contribution in [0.5, 0.6) is 11.5 Å². The van der Waals surface area contributed by atoms with Crippen molar-refractivity contribution in [3.05, 3.63) is 48.8 Å². The highest BCUT2D eigenvalue weighted by Gasteiger charge is 2.32. The van der Waals surface area contributed by atoms with Gasteiger partial charge >= 0.3 is 5.97 Å². The Morgan fingerprint density at radius 1 is 1.43 bits per heavy atom. The van der Waals surface area contributed by atoms with Crippen LogP contribution in [0.2, 0.25) is 0 Å². The summed E-state index contributed by atoms with van der Waals surface area (Å²) >= 11 is 0. The second-order valence-corrected chi connectivity index (χ2v) is 4.77. The minimum Gasteiger partial charge on any atom is -0.494 e. The van der Waals surface area contributed by atoms with E-state index >= 15 is 0 Å². The maximum Gasteiger partial charge on any atom is 0.308 e. The first-order valence-electron chi connectivity index (χ1n) is 6.78. The number of aromatic nitrogens is 2. The van der Waals surface area contributed by atoms with Crippen LogP contribution in [-0.2, 0) is 10.7 Å². The Balaban J connectivity index is 2.51. The Hall–Kier alpha value is -2.70. The highest BCUT2D eigenvalue weighted by molar-refractivity contribution is 5.72. The summed E-state index contributed by atoms with van der Waals surface area (Å²) in [7, 11) is 1.42. The molecule has 0 aliphatic rings. The first kappa shape index (κ1) is 16.7. The fourth-order valence-electron chi connectivity index (χ4n) is 2.06. The molecule has 0 aliphatic carbocycles. The zero-order valence-electron chi connectivity index (χ0n) is 12.8. The molecule has 0 saturated carbocycles. The summed E-state index contributed by atoms with van der Waals surface area (Å²) in [6.07, 6.45) is 2.88. The van der Waals surface area contributed by atoms with Crippen molar-refractivity contribution in [2.45, 2.75) is 19.3 Å². The van der Waals surface area contributed by atoms with E-state index in [9.17, 15) is 13.6 Å². The van der Waals surface area contributed by atoms with Gasteiger partial charge in [-0.25, -0.2) is 13.5 Å². The van der Waals surface area contributed by atoms with Gasteiger partial charge in [0.1, 0.15) is 11.4 Å². The van der Waals surface area contributed by atoms with E-state index in [4.69, 9.17) is 9.47 Å². The normalized spacial score (nSPS) is 11.1. The quantitative estimate of drug-likeness (QED) is 0.464. The number of allylic oxidation sites excluding steroid dienone is 1. The maximum absolute atomic E-state index is 13.9. The number of esters is 1. The number of hydrogen-bond donors (Lipinski definition) is 0. The molecule has 0 aliphatic heterocycles. The number of halogens is 2. The van der Waals surface area contributed by atoms with Gasteiger partial charge in [0.25, 0.3) is 5.92 Å². The van der Waals surface area contributed by atoms with Gasteiger partial charge in [0.15, 0.2) is 5.75 Å². The molecule has 1 aromatic carbocycles. The lowest BCUT2D eigenvalue weighted by atomic mass is 10.1. The predicted molar refractivity (Wildman–Crippen MR) is 80.1 cm³/mol. The largest absolute Gasteiger partial charge is 0.494 e. The first-order chi connectivity index (χ1) is 10.9. The van der Waals surface area contributed by atoms with Crippen LogP contribution in [0.4, 0.5) is 8.78 Å². The van der Waals surface area contributed by atoms with Crippen LogP contribution in [0.1, 0.15) is 18.9 Å². The monoisotopic (exact) mass is 322 g/mol. The van der Waals surface area contributed by atoms with E-state index in [1.165, 1.54) is 31.0 Å². The lowest BCUT2D eigenvalue weighted by Gasteiger charge is -2.14. The summed E-state index contributed by atoms with van der Waals surface area (Å²) in [5.41, 5.74) is 0.00272. The molecule has 0 spiro atoms. The van der Waals surface area contributed by atoms with Crippen molar-refractivity contribution in [2.75, 3.05) is 7.11 Å². The van der Waals surface area contributed by atoms with E-state index in [0.29, 0.717) is 5.75 Å². The SMILES string of the molecule is C=CCC(F)(F)c1cnn(-c2c(OC)cccc2OC(C)=O)c1. The molecule has 122 valence electrons. The summed E-state index contributed by atoms with van der Waals surface area (Å²) < 4.78 is 39.4. The summed E-state index contributed by atoms with van der Waals surface area (Å²) in [4.78, 5) is 11.2. The van der Waals surface area contributed by atoms with Crippen LogP contribution in [0.3, 0.4) is 0 Å². The minimum absolute atomic E-state index is 0.165. The standard InChI is InChI=1S/C16H16F2N2O3/c1-4-8-16(17,18)12-9-19-20(10-12)15-13(22-3)6-5-7-14(15)23-11(2)21/h4-7,9-10H,1,8H2,2-3H3. The zero-order valence-corrected chi connectivity index (χ0v) is 12.8. The number of nitrogens with zero attached hydrogens (tertiary/aromatic N) is 2. The molecule has 23 heavy (non-hydrogen) atoms. The number of ether oxygens (including phenoxy) is 2. The van der Waals surface area contributed by atoms with Crippen molar-refractivity contribution in [3.8, 4) is 17.2 Å². The molecule has 0 bridgehead atoms. The predicted octanol–water partition coefficient (Wildman–Crippen LogP) is 3.47. The first-order valence-corrected chi connectivity index (χ1v) is 6.78. The Labute approximate surface area is 132 Å². The molecule has 0 atom stereocenters. The number of methoxy groups -OCH3 is 1. The molecule has 2 aromatic rings. The fraction of sp³-hybridized carbons (Fsp3) is 0.250. The molecule has 0 amide bonds. The highest BCUT2D eigenvalue weighted by atomic mass is 19.3. The van der Waals surface area contributed by atoms with Gasteiger partial charge in [0.2, 0.25) is 0 Å². The lowest BCUT2D eigenvalue weighted by Crippen LogP contribution is -2.11. The van der Waals surface area contributed by atoms with Crippen LogP contribution >= 0.6 is 0 Å². The van der Waals surface area contributed by atoms with Gasteiger partial charge in [-0.1, -0.05) is 12.1 Å². The van der Waals surface area contributed by atoms with E-state index in [2.05, 4.69) is 11.7 Å². The molecular formula is C16H16F2N2O3. The average Bonchev–Trinajstić information content (AvgIpc) is 2.96. The molecule has 0 radical (unpaired) electrons. The number of benzene rings is 1. The molecule has 5 nitrogen and oxygen atoms in total. The number of para-hydroxylation sites is 1. The Bertz CT molecular complexity index is 726. The summed E-state index contributed by atoms with van der Waals surface area (Å²) in [5.74, 6) is -3.11. The summed E-state index contributed by atoms with van der Waals surface area (Å²) in [5, 5.41) is 3.94. The van der Waals surface area contributed by atoms with E-state index in [0.717, 1.165) is 12.3 Å². The molecule has 1 heterocycles. The van der Waals surface area contributed by atoms with Crippen molar-refractivity contribution in [1.29, 1.82) is 0 Å². The van der Waals surface area contributed by atoms with Crippen molar-refractivity contribution >= 4 is 5.97 Å². The van der Waals surface area contributed by atoms with Crippen LogP contribution < -0.4 is 9.47 Å². The second kappa shape index (κ2) is 6.60. The molecule has 1 aromatic heterocycles. The second-order valence-electron chi connectivity index (χ2n) is 4.77. The van der Waals surface area contributed by atoms with Gasteiger partial charge in [0.05, 0.1) is 18.9 Å². The van der Waals surface area contributed by atoms with Gasteiger partial charge in [-0.05, 0) is 12.1 Å². The van der Waals surface area contributed by atoms with E-state index in [1.54, 1.807) is 12.1 Å². The van der Waals surface area contributed by atoms with Gasteiger partial charge in [0, 0.05) is 19.5 Å². The maximum atomic E-state index is 13.9. The lowest BCUT2D eigenvalue weighted by molar-refractivity contribution is -0.131. The van der Waals surface area contributed by atoms with Gasteiger partial charge < -0.3 is 9.47 Å². The highest BCUT2D eigenvalue weighted by Crippen LogP contribution is 2.36. The third-order valence-electron chi connectivity index (χ3n) is 3.07. The minimum atomic E-state index is -3.08. The van der Waals surface area contributed by atoms with Crippen molar-refractivity contribution < 1.29 is 23.0 Å². The van der Waals surface area contributed by atoms with Crippen molar-refractivity contribution in [3.63, 3.8) is 0 Å². The number of hydrogen-bond acceptors (Lipinski definition) is 4. The van der Waals surface area contributed by atoms with Crippen molar-refractivity contribution in [1.82, 2.24) is 9.78 Å². The van der Waals surface area contributed by atoms with Gasteiger partial charge in [-0.3, -0.25) is 4.79 Å². The Morgan fingerprint density at radius 3 is 2.74 bits per heavy atom. The topological polar surface area (TPSA) is 53.4 Å². The zero-order chi connectivity index (χ0) is 17.0. The van der Waals surface area contributed by atoms with E-state index in [1.807, 2.05) is 0 Å². The van der Waals surface area contributed by atoms with Crippen LogP contribution in [0.25, 0.3) is 5.69 Å². The molecule has 7 heteroatoms. The third-order valence-corrected chi connectivity index (χ3v) is 3.07. The smallest absolute Gasteiger partial charge is 0.308 e. The molecular weight excluding hydrogens is 306 g/mol. The molecule has 0 saturated heterocycles. The van der Waals surface area contributed by atoms with Crippen molar-refractivity contribution in [2.24, 2.45) is 0 Å². The molecule has 0 N–H and O–H groups in total. The van der Waals surface area contributed by atoms with Crippen LogP contribution in [0.15, 0.2) is 43.2 Å². The molecule has 0 fully saturated rings. The van der Waals surface area contributed by atoms with E-state index in [-0.39, 0.29) is 17.0 Å². The molecule has 0 unspecified atom stereocenters. The number of alkyl halides is 2. The Kier molecular flexibility index (Phi) is 4.78. The number of carbonyl (C=O) groups excluding carboxylic acids is 1.